The van der Waals surface area contributed by atoms with Crippen LogP contribution in [0, 0.1) is 5.92 Å². The molecule has 1 aliphatic rings. The molecule has 1 heterocycles. The second-order valence-electron chi connectivity index (χ2n) is 6.89. The smallest absolute Gasteiger partial charge is 0.253 e. The van der Waals surface area contributed by atoms with Crippen molar-refractivity contribution in [3.05, 3.63) is 29.8 Å². The third-order valence-corrected chi connectivity index (χ3v) is 4.31. The van der Waals surface area contributed by atoms with Gasteiger partial charge in [-0.2, -0.15) is 0 Å². The number of benzene rings is 1. The minimum atomic E-state index is -0.107. The van der Waals surface area contributed by atoms with Crippen molar-refractivity contribution in [3.63, 3.8) is 0 Å². The average Bonchev–Trinajstić information content (AvgIpc) is 2.82. The summed E-state index contributed by atoms with van der Waals surface area (Å²) < 4.78 is 0. The van der Waals surface area contributed by atoms with Crippen molar-refractivity contribution in [2.45, 2.75) is 46.0 Å². The van der Waals surface area contributed by atoms with Crippen LogP contribution in [0.4, 0.5) is 5.69 Å². The van der Waals surface area contributed by atoms with E-state index in [0.717, 1.165) is 25.9 Å². The van der Waals surface area contributed by atoms with Gasteiger partial charge in [-0.1, -0.05) is 32.8 Å². The summed E-state index contributed by atoms with van der Waals surface area (Å²) in [5, 5.41) is 5.91. The van der Waals surface area contributed by atoms with Gasteiger partial charge in [0, 0.05) is 30.8 Å². The van der Waals surface area contributed by atoms with Gasteiger partial charge in [0.1, 0.15) is 0 Å². The highest BCUT2D eigenvalue weighted by molar-refractivity contribution is 7.80. The fourth-order valence-electron chi connectivity index (χ4n) is 2.90. The summed E-state index contributed by atoms with van der Waals surface area (Å²) in [6, 6.07) is 7.26. The number of amides is 2. The molecule has 1 aliphatic heterocycles. The zero-order chi connectivity index (χ0) is 18.2. The van der Waals surface area contributed by atoms with Crippen molar-refractivity contribution in [2.24, 2.45) is 5.92 Å². The number of hydrogen-bond donors (Lipinski definition) is 2. The van der Waals surface area contributed by atoms with Gasteiger partial charge in [0.2, 0.25) is 5.91 Å². The maximum Gasteiger partial charge on any atom is 0.253 e. The summed E-state index contributed by atoms with van der Waals surface area (Å²) in [6.45, 7) is 5.60. The molecule has 1 fully saturated rings. The molecule has 0 aromatic heterocycles. The topological polar surface area (TPSA) is 61.4 Å². The summed E-state index contributed by atoms with van der Waals surface area (Å²) in [6.07, 6.45) is 4.94. The predicted molar refractivity (Wildman–Crippen MR) is 105 cm³/mol. The van der Waals surface area contributed by atoms with Crippen LogP contribution in [0.15, 0.2) is 24.3 Å². The van der Waals surface area contributed by atoms with E-state index < -0.39 is 0 Å². The van der Waals surface area contributed by atoms with Gasteiger partial charge in [0.05, 0.1) is 0 Å². The van der Waals surface area contributed by atoms with Crippen LogP contribution < -0.4 is 10.6 Å². The maximum absolute atomic E-state index is 12.7. The second-order valence-corrected chi connectivity index (χ2v) is 7.30. The second kappa shape index (κ2) is 9.51. The minimum Gasteiger partial charge on any atom is -0.339 e. The molecular weight excluding hydrogens is 334 g/mol. The standard InChI is InChI=1S/C19H27N3O2S/c1-14(2)12-17(23)21-19(25)20-16-9-7-8-15(13-16)18(24)22-10-5-3-4-6-11-22/h7-9,13-14H,3-6,10-12H2,1-2H3,(H2,20,21,23,25). The number of rotatable bonds is 4. The van der Waals surface area contributed by atoms with Crippen LogP contribution in [-0.2, 0) is 4.79 Å². The van der Waals surface area contributed by atoms with Crippen molar-refractivity contribution in [2.75, 3.05) is 18.4 Å². The number of carbonyl (C=O) groups excluding carboxylic acids is 2. The molecule has 1 saturated heterocycles. The first-order valence-electron chi connectivity index (χ1n) is 8.96. The maximum atomic E-state index is 12.7. The van der Waals surface area contributed by atoms with Gasteiger partial charge >= 0.3 is 0 Å². The van der Waals surface area contributed by atoms with Crippen molar-refractivity contribution in [3.8, 4) is 0 Å². The number of thiocarbonyl (C=S) groups is 1. The first-order chi connectivity index (χ1) is 12.0. The summed E-state index contributed by atoms with van der Waals surface area (Å²) >= 11 is 5.18. The summed E-state index contributed by atoms with van der Waals surface area (Å²) in [7, 11) is 0. The molecule has 2 amide bonds. The molecule has 5 nitrogen and oxygen atoms in total. The van der Waals surface area contributed by atoms with Gasteiger partial charge in [-0.05, 0) is 49.2 Å². The van der Waals surface area contributed by atoms with Crippen LogP contribution in [0.1, 0.15) is 56.3 Å². The first kappa shape index (κ1) is 19.4. The molecule has 1 aromatic carbocycles. The van der Waals surface area contributed by atoms with Crippen LogP contribution in [0.5, 0.6) is 0 Å². The van der Waals surface area contributed by atoms with E-state index in [1.807, 2.05) is 36.9 Å². The quantitative estimate of drug-likeness (QED) is 0.805. The molecular formula is C19H27N3O2S. The largest absolute Gasteiger partial charge is 0.339 e. The number of nitrogens with zero attached hydrogens (tertiary/aromatic N) is 1. The van der Waals surface area contributed by atoms with Crippen LogP contribution in [0.2, 0.25) is 0 Å². The molecule has 6 heteroatoms. The van der Waals surface area contributed by atoms with E-state index in [4.69, 9.17) is 12.2 Å². The zero-order valence-corrected chi connectivity index (χ0v) is 15.8. The first-order valence-corrected chi connectivity index (χ1v) is 9.36. The number of carbonyl (C=O) groups is 2. The monoisotopic (exact) mass is 361 g/mol. The van der Waals surface area contributed by atoms with E-state index in [9.17, 15) is 9.59 Å². The fourth-order valence-corrected chi connectivity index (χ4v) is 3.13. The normalized spacial score (nSPS) is 14.8. The van der Waals surface area contributed by atoms with Crippen LogP contribution in [0.3, 0.4) is 0 Å². The SMILES string of the molecule is CC(C)CC(=O)NC(=S)Nc1cccc(C(=O)N2CCCCCC2)c1. The molecule has 0 spiro atoms. The van der Waals surface area contributed by atoms with Crippen molar-refractivity contribution in [1.82, 2.24) is 10.2 Å². The summed E-state index contributed by atoms with van der Waals surface area (Å²) in [5.41, 5.74) is 1.35. The molecule has 136 valence electrons. The molecule has 1 aromatic rings. The van der Waals surface area contributed by atoms with Crippen LogP contribution >= 0.6 is 12.2 Å². The van der Waals surface area contributed by atoms with Crippen LogP contribution in [0.25, 0.3) is 0 Å². The Morgan fingerprint density at radius 1 is 1.16 bits per heavy atom. The van der Waals surface area contributed by atoms with Gasteiger partial charge < -0.3 is 15.5 Å². The van der Waals surface area contributed by atoms with Crippen molar-refractivity contribution in [1.29, 1.82) is 0 Å². The highest BCUT2D eigenvalue weighted by atomic mass is 32.1. The minimum absolute atomic E-state index is 0.0558. The lowest BCUT2D eigenvalue weighted by molar-refractivity contribution is -0.120. The van der Waals surface area contributed by atoms with E-state index in [1.165, 1.54) is 12.8 Å². The lowest BCUT2D eigenvalue weighted by Crippen LogP contribution is -2.35. The van der Waals surface area contributed by atoms with E-state index in [0.29, 0.717) is 17.7 Å². The van der Waals surface area contributed by atoms with Gasteiger partial charge in [0.15, 0.2) is 5.11 Å². The molecule has 0 atom stereocenters. The predicted octanol–water partition coefficient (Wildman–Crippen LogP) is 3.56. The Morgan fingerprint density at radius 2 is 1.84 bits per heavy atom. The molecule has 2 rings (SSSR count). The molecule has 2 N–H and O–H groups in total. The van der Waals surface area contributed by atoms with E-state index in [1.54, 1.807) is 6.07 Å². The summed E-state index contributed by atoms with van der Waals surface area (Å²) in [4.78, 5) is 26.4. The number of likely N-dealkylation sites (tertiary alicyclic amines) is 1. The Bertz CT molecular complexity index is 623. The summed E-state index contributed by atoms with van der Waals surface area (Å²) in [5.74, 6) is 0.224. The van der Waals surface area contributed by atoms with Crippen molar-refractivity contribution < 1.29 is 9.59 Å². The van der Waals surface area contributed by atoms with Gasteiger partial charge in [0.25, 0.3) is 5.91 Å². The van der Waals surface area contributed by atoms with Crippen LogP contribution in [-0.4, -0.2) is 34.9 Å². The molecule has 0 radical (unpaired) electrons. The zero-order valence-electron chi connectivity index (χ0n) is 15.0. The van der Waals surface area contributed by atoms with Gasteiger partial charge in [-0.15, -0.1) is 0 Å². The third-order valence-electron chi connectivity index (χ3n) is 4.11. The Kier molecular flexibility index (Phi) is 7.37. The number of nitrogens with one attached hydrogen (secondary N) is 2. The van der Waals surface area contributed by atoms with Crippen molar-refractivity contribution >= 4 is 34.8 Å². The lowest BCUT2D eigenvalue weighted by Gasteiger charge is -2.20. The number of hydrogen-bond acceptors (Lipinski definition) is 3. The highest BCUT2D eigenvalue weighted by Crippen LogP contribution is 2.16. The Balaban J connectivity index is 1.97. The Hall–Kier alpha value is -1.95. The molecule has 0 saturated carbocycles. The average molecular weight is 362 g/mol. The molecule has 25 heavy (non-hydrogen) atoms. The molecule has 0 aliphatic carbocycles. The highest BCUT2D eigenvalue weighted by Gasteiger charge is 2.17. The lowest BCUT2D eigenvalue weighted by atomic mass is 10.1. The Labute approximate surface area is 155 Å². The van der Waals surface area contributed by atoms with E-state index >= 15 is 0 Å². The van der Waals surface area contributed by atoms with Gasteiger partial charge in [-0.3, -0.25) is 9.59 Å². The molecule has 0 bridgehead atoms. The van der Waals surface area contributed by atoms with Gasteiger partial charge in [-0.25, -0.2) is 0 Å². The number of anilines is 1. The molecule has 0 unspecified atom stereocenters. The van der Waals surface area contributed by atoms with E-state index in [-0.39, 0.29) is 22.8 Å². The Morgan fingerprint density at radius 3 is 2.48 bits per heavy atom. The van der Waals surface area contributed by atoms with E-state index in [2.05, 4.69) is 10.6 Å². The fraction of sp³-hybridized carbons (Fsp3) is 0.526. The third kappa shape index (κ3) is 6.46.